The Morgan fingerprint density at radius 1 is 1.21 bits per heavy atom. The number of rotatable bonds is 4. The van der Waals surface area contributed by atoms with E-state index in [0.29, 0.717) is 21.4 Å². The number of nitrogens with zero attached hydrogens (tertiary/aromatic N) is 2. The minimum Gasteiger partial charge on any atom is -0.388 e. The first-order valence-corrected chi connectivity index (χ1v) is 9.27. The second kappa shape index (κ2) is 7.46. The highest BCUT2D eigenvalue weighted by atomic mass is 35.5. The number of aliphatic hydroxyl groups is 2. The number of fused-ring (bicyclic) bond motifs is 1. The molecule has 1 atom stereocenters. The highest BCUT2D eigenvalue weighted by Gasteiger charge is 2.36. The van der Waals surface area contributed by atoms with Gasteiger partial charge in [-0.05, 0) is 26.0 Å². The first-order chi connectivity index (χ1) is 13.1. The minimum absolute atomic E-state index is 0.0686. The van der Waals surface area contributed by atoms with E-state index in [-0.39, 0.29) is 21.6 Å². The Morgan fingerprint density at radius 3 is 2.39 bits per heavy atom. The summed E-state index contributed by atoms with van der Waals surface area (Å²) in [5.41, 5.74) is -1.85. The second-order valence-electron chi connectivity index (χ2n) is 6.39. The van der Waals surface area contributed by atoms with Crippen molar-refractivity contribution < 1.29 is 15.0 Å². The summed E-state index contributed by atoms with van der Waals surface area (Å²) in [7, 11) is 0. The van der Waals surface area contributed by atoms with Crippen LogP contribution < -0.4 is 5.43 Å². The molecule has 2 aromatic heterocycles. The molecule has 0 fully saturated rings. The van der Waals surface area contributed by atoms with Gasteiger partial charge in [-0.1, -0.05) is 40.9 Å². The second-order valence-corrected chi connectivity index (χ2v) is 7.61. The predicted octanol–water partition coefficient (Wildman–Crippen LogP) is 3.42. The van der Waals surface area contributed by atoms with Crippen LogP contribution in [0.5, 0.6) is 0 Å². The average molecular weight is 442 g/mol. The maximum absolute atomic E-state index is 12.8. The van der Waals surface area contributed by atoms with Gasteiger partial charge in [0.1, 0.15) is 6.61 Å². The van der Waals surface area contributed by atoms with Crippen LogP contribution in [0.2, 0.25) is 15.1 Å². The van der Waals surface area contributed by atoms with Gasteiger partial charge in [0.25, 0.3) is 0 Å². The van der Waals surface area contributed by atoms with Gasteiger partial charge in [0.15, 0.2) is 16.8 Å². The van der Waals surface area contributed by atoms with Gasteiger partial charge in [0.05, 0.1) is 37.4 Å². The summed E-state index contributed by atoms with van der Waals surface area (Å²) in [6, 6.07) is 6.25. The van der Waals surface area contributed by atoms with Gasteiger partial charge in [-0.2, -0.15) is 0 Å². The van der Waals surface area contributed by atoms with E-state index in [2.05, 4.69) is 4.98 Å². The van der Waals surface area contributed by atoms with E-state index < -0.39 is 23.4 Å². The molecule has 28 heavy (non-hydrogen) atoms. The lowest BCUT2D eigenvalue weighted by atomic mass is 9.93. The molecule has 0 aliphatic heterocycles. The van der Waals surface area contributed by atoms with Crippen LogP contribution in [0.15, 0.2) is 35.3 Å². The molecule has 3 aromatic rings. The summed E-state index contributed by atoms with van der Waals surface area (Å²) in [5, 5.41) is 20.5. The Bertz CT molecular complexity index is 1150. The number of aliphatic hydroxyl groups excluding tert-OH is 1. The van der Waals surface area contributed by atoms with E-state index >= 15 is 0 Å². The highest BCUT2D eigenvalue weighted by molar-refractivity contribution is 6.38. The fourth-order valence-corrected chi connectivity index (χ4v) is 3.87. The van der Waals surface area contributed by atoms with Crippen LogP contribution in [0, 0.1) is 6.92 Å². The number of carbonyl (C=O) groups is 1. The van der Waals surface area contributed by atoms with Crippen molar-refractivity contribution in [1.29, 1.82) is 0 Å². The number of para-hydroxylation sites is 1. The number of hydrogen-bond acceptors (Lipinski definition) is 5. The number of aromatic nitrogens is 2. The zero-order chi connectivity index (χ0) is 20.8. The Morgan fingerprint density at radius 2 is 1.82 bits per heavy atom. The molecule has 0 aliphatic rings. The maximum atomic E-state index is 12.8. The number of Topliss-reactive ketones (excluding diaryl/α,β-unsaturated/α-hetero) is 1. The Balaban J connectivity index is 2.56. The molecule has 1 unspecified atom stereocenters. The third-order valence-corrected chi connectivity index (χ3v) is 5.36. The van der Waals surface area contributed by atoms with Crippen molar-refractivity contribution in [3.05, 3.63) is 67.1 Å². The van der Waals surface area contributed by atoms with Crippen molar-refractivity contribution in [1.82, 2.24) is 9.55 Å². The lowest BCUT2D eigenvalue weighted by Gasteiger charge is -2.24. The van der Waals surface area contributed by atoms with Gasteiger partial charge in [0, 0.05) is 18.0 Å². The average Bonchev–Trinajstić information content (AvgIpc) is 2.63. The van der Waals surface area contributed by atoms with Crippen LogP contribution in [0.25, 0.3) is 16.6 Å². The molecule has 146 valence electrons. The molecule has 0 radical (unpaired) electrons. The van der Waals surface area contributed by atoms with Crippen LogP contribution >= 0.6 is 34.8 Å². The van der Waals surface area contributed by atoms with E-state index in [1.807, 2.05) is 0 Å². The Labute approximate surface area is 174 Å². The van der Waals surface area contributed by atoms with E-state index in [1.165, 1.54) is 12.3 Å². The first kappa shape index (κ1) is 20.8. The van der Waals surface area contributed by atoms with Crippen molar-refractivity contribution in [3.63, 3.8) is 0 Å². The van der Waals surface area contributed by atoms with Gasteiger partial charge >= 0.3 is 0 Å². The lowest BCUT2D eigenvalue weighted by molar-refractivity contribution is -0.139. The maximum Gasteiger partial charge on any atom is 0.195 e. The molecule has 3 rings (SSSR count). The number of pyridine rings is 2. The van der Waals surface area contributed by atoms with Gasteiger partial charge in [-0.15, -0.1) is 0 Å². The summed E-state index contributed by atoms with van der Waals surface area (Å²) in [6.45, 7) is 1.91. The molecule has 0 aliphatic carbocycles. The Kier molecular flexibility index (Phi) is 5.53. The van der Waals surface area contributed by atoms with E-state index in [1.54, 1.807) is 29.7 Å². The van der Waals surface area contributed by atoms with Crippen LogP contribution in [0.4, 0.5) is 0 Å². The van der Waals surface area contributed by atoms with Gasteiger partial charge < -0.3 is 14.8 Å². The smallest absolute Gasteiger partial charge is 0.195 e. The molecule has 1 aromatic carbocycles. The van der Waals surface area contributed by atoms with E-state index in [9.17, 15) is 19.8 Å². The molecule has 0 bridgehead atoms. The fraction of sp³-hybridized carbons (Fsp3) is 0.211. The van der Waals surface area contributed by atoms with E-state index in [4.69, 9.17) is 34.8 Å². The van der Waals surface area contributed by atoms with Crippen LogP contribution in [-0.2, 0) is 10.4 Å². The zero-order valence-electron chi connectivity index (χ0n) is 14.8. The molecule has 0 saturated heterocycles. The number of ketones is 1. The zero-order valence-corrected chi connectivity index (χ0v) is 17.1. The molecule has 0 spiro atoms. The number of benzene rings is 1. The van der Waals surface area contributed by atoms with Crippen molar-refractivity contribution in [3.8, 4) is 5.69 Å². The number of aryl methyl sites for hydroxylation is 1. The highest BCUT2D eigenvalue weighted by Crippen LogP contribution is 2.36. The molecule has 6 nitrogen and oxygen atoms in total. The largest absolute Gasteiger partial charge is 0.388 e. The standard InChI is InChI=1S/C19H15Cl3N2O4/c1-9-6-13(26)15-17(24(9)16-10(20)4-3-5-11(16)21)12(22)7-23-18(15)19(2,28)14(27)8-25/h3-7,25,28H,8H2,1-2H3. The van der Waals surface area contributed by atoms with Gasteiger partial charge in [-0.25, -0.2) is 0 Å². The minimum atomic E-state index is -2.20. The van der Waals surface area contributed by atoms with Gasteiger partial charge in [-0.3, -0.25) is 14.6 Å². The number of halogens is 3. The summed E-state index contributed by atoms with van der Waals surface area (Å²) in [4.78, 5) is 28.9. The molecule has 2 N–H and O–H groups in total. The third kappa shape index (κ3) is 3.21. The number of hydrogen-bond donors (Lipinski definition) is 2. The third-order valence-electron chi connectivity index (χ3n) is 4.48. The SMILES string of the molecule is Cc1cc(=O)c2c(C(C)(O)C(=O)CO)ncc(Cl)c2n1-c1c(Cl)cccc1Cl. The monoisotopic (exact) mass is 440 g/mol. The summed E-state index contributed by atoms with van der Waals surface area (Å²) in [5.74, 6) is -0.911. The Hall–Kier alpha value is -1.96. The normalized spacial score (nSPS) is 13.5. The molecule has 0 amide bonds. The fourth-order valence-electron chi connectivity index (χ4n) is 3.08. The van der Waals surface area contributed by atoms with Crippen LogP contribution in [0.3, 0.4) is 0 Å². The molecular formula is C19H15Cl3N2O4. The quantitative estimate of drug-likeness (QED) is 0.647. The van der Waals surface area contributed by atoms with Gasteiger partial charge in [0.2, 0.25) is 0 Å². The molecule has 9 heteroatoms. The van der Waals surface area contributed by atoms with Crippen molar-refractivity contribution >= 4 is 51.5 Å². The lowest BCUT2D eigenvalue weighted by Crippen LogP contribution is -2.36. The number of carbonyl (C=O) groups excluding carboxylic acids is 1. The summed E-state index contributed by atoms with van der Waals surface area (Å²) < 4.78 is 1.58. The molecule has 2 heterocycles. The summed E-state index contributed by atoms with van der Waals surface area (Å²) in [6.07, 6.45) is 1.22. The van der Waals surface area contributed by atoms with Crippen LogP contribution in [0.1, 0.15) is 18.3 Å². The first-order valence-electron chi connectivity index (χ1n) is 8.13. The molecular weight excluding hydrogens is 427 g/mol. The summed E-state index contributed by atoms with van der Waals surface area (Å²) >= 11 is 19.1. The predicted molar refractivity (Wildman–Crippen MR) is 109 cm³/mol. The van der Waals surface area contributed by atoms with E-state index in [0.717, 1.165) is 6.92 Å². The van der Waals surface area contributed by atoms with Crippen molar-refractivity contribution in [2.45, 2.75) is 19.4 Å². The molecule has 0 saturated carbocycles. The topological polar surface area (TPSA) is 92.4 Å². The van der Waals surface area contributed by atoms with Crippen molar-refractivity contribution in [2.24, 2.45) is 0 Å². The van der Waals surface area contributed by atoms with Crippen molar-refractivity contribution in [2.75, 3.05) is 6.61 Å². The van der Waals surface area contributed by atoms with Crippen LogP contribution in [-0.4, -0.2) is 32.2 Å².